The molecule has 0 fully saturated rings. The lowest BCUT2D eigenvalue weighted by molar-refractivity contribution is 0.355. The van der Waals surface area contributed by atoms with E-state index in [1.807, 2.05) is 17.5 Å². The van der Waals surface area contributed by atoms with Crippen molar-refractivity contribution in [1.29, 1.82) is 0 Å². The lowest BCUT2D eigenvalue weighted by Gasteiger charge is -2.12. The van der Waals surface area contributed by atoms with Gasteiger partial charge in [0.2, 0.25) is 14.9 Å². The van der Waals surface area contributed by atoms with Gasteiger partial charge in [0.25, 0.3) is 0 Å². The van der Waals surface area contributed by atoms with E-state index in [1.165, 1.54) is 28.0 Å². The quantitative estimate of drug-likeness (QED) is 0.360. The number of halogens is 1. The van der Waals surface area contributed by atoms with Crippen molar-refractivity contribution in [1.82, 2.24) is 19.8 Å². The lowest BCUT2D eigenvalue weighted by Crippen LogP contribution is -2.05. The van der Waals surface area contributed by atoms with E-state index in [1.54, 1.807) is 38.5 Å². The van der Waals surface area contributed by atoms with Gasteiger partial charge in [-0.3, -0.25) is 0 Å². The minimum atomic E-state index is -4.01. The van der Waals surface area contributed by atoms with Gasteiger partial charge >= 0.3 is 0 Å². The summed E-state index contributed by atoms with van der Waals surface area (Å²) in [6.45, 7) is 0. The van der Waals surface area contributed by atoms with Crippen LogP contribution in [0.2, 0.25) is 5.02 Å². The fourth-order valence-electron chi connectivity index (χ4n) is 3.38. The number of sulfone groups is 1. The van der Waals surface area contributed by atoms with Crippen LogP contribution in [0.1, 0.15) is 0 Å². The van der Waals surface area contributed by atoms with Crippen molar-refractivity contribution in [2.24, 2.45) is 0 Å². The van der Waals surface area contributed by atoms with Gasteiger partial charge in [0, 0.05) is 16.8 Å². The van der Waals surface area contributed by atoms with E-state index in [-0.39, 0.29) is 15.6 Å². The first kappa shape index (κ1) is 21.4. The highest BCUT2D eigenvalue weighted by Gasteiger charge is 2.27. The molecule has 3 aromatic heterocycles. The Morgan fingerprint density at radius 1 is 1.06 bits per heavy atom. The van der Waals surface area contributed by atoms with Crippen LogP contribution in [0.15, 0.2) is 63.8 Å². The zero-order chi connectivity index (χ0) is 23.2. The summed E-state index contributed by atoms with van der Waals surface area (Å²) in [5.74, 6) is 1.59. The number of hydrogen-bond donors (Lipinski definition) is 1. The number of aromatic nitrogens is 4. The van der Waals surface area contributed by atoms with E-state index in [2.05, 4.69) is 20.6 Å². The fourth-order valence-corrected chi connectivity index (χ4v) is 5.73. The number of rotatable bonds is 6. The normalized spacial score (nSPS) is 11.7. The average molecular weight is 502 g/mol. The highest BCUT2D eigenvalue weighted by molar-refractivity contribution is 7.91. The van der Waals surface area contributed by atoms with Crippen LogP contribution >= 0.6 is 22.9 Å². The fraction of sp³-hybridized carbons (Fsp3) is 0.0952. The van der Waals surface area contributed by atoms with Crippen molar-refractivity contribution in [3.05, 3.63) is 58.9 Å². The molecule has 0 aliphatic carbocycles. The maximum atomic E-state index is 13.3. The van der Waals surface area contributed by atoms with Crippen LogP contribution in [0.25, 0.3) is 15.9 Å². The van der Waals surface area contributed by atoms with E-state index >= 15 is 0 Å². The summed E-state index contributed by atoms with van der Waals surface area (Å²) >= 11 is 7.45. The van der Waals surface area contributed by atoms with Gasteiger partial charge in [-0.1, -0.05) is 22.9 Å². The Morgan fingerprint density at radius 2 is 1.88 bits per heavy atom. The maximum Gasteiger partial charge on any atom is 0.229 e. The third-order valence-corrected chi connectivity index (χ3v) is 7.72. The topological polar surface area (TPSA) is 108 Å². The predicted molar refractivity (Wildman–Crippen MR) is 126 cm³/mol. The molecule has 12 heteroatoms. The SMILES string of the molecule is COc1ccc(Nc2nc3c(S(=O)(=O)c4cccc(Cl)c4)nnn3c3ccsc23)cc1OC. The van der Waals surface area contributed by atoms with Crippen LogP contribution in [-0.2, 0) is 9.84 Å². The van der Waals surface area contributed by atoms with Gasteiger partial charge in [0.15, 0.2) is 23.0 Å². The lowest BCUT2D eigenvalue weighted by atomic mass is 10.2. The second kappa shape index (κ2) is 8.18. The summed E-state index contributed by atoms with van der Waals surface area (Å²) in [6, 6.07) is 13.2. The monoisotopic (exact) mass is 501 g/mol. The van der Waals surface area contributed by atoms with Gasteiger partial charge in [-0.05, 0) is 41.8 Å². The molecule has 0 saturated carbocycles. The molecule has 0 atom stereocenters. The van der Waals surface area contributed by atoms with Crippen molar-refractivity contribution < 1.29 is 17.9 Å². The summed E-state index contributed by atoms with van der Waals surface area (Å²) in [5.41, 5.74) is 1.46. The molecule has 0 unspecified atom stereocenters. The van der Waals surface area contributed by atoms with Gasteiger partial charge in [0.05, 0.1) is 29.3 Å². The zero-order valence-corrected chi connectivity index (χ0v) is 19.7. The summed E-state index contributed by atoms with van der Waals surface area (Å²) in [6.07, 6.45) is 0. The molecule has 168 valence electrons. The van der Waals surface area contributed by atoms with Gasteiger partial charge in [-0.15, -0.1) is 16.4 Å². The molecule has 0 aliphatic rings. The van der Waals surface area contributed by atoms with E-state index in [0.29, 0.717) is 33.5 Å². The smallest absolute Gasteiger partial charge is 0.229 e. The molecular formula is C21H16ClN5O4S2. The largest absolute Gasteiger partial charge is 0.493 e. The van der Waals surface area contributed by atoms with Crippen molar-refractivity contribution in [3.8, 4) is 11.5 Å². The third-order valence-electron chi connectivity index (χ3n) is 4.93. The Bertz CT molecular complexity index is 1610. The summed E-state index contributed by atoms with van der Waals surface area (Å²) in [7, 11) is -0.898. The molecule has 0 amide bonds. The van der Waals surface area contributed by atoms with Crippen molar-refractivity contribution in [2.75, 3.05) is 19.5 Å². The Kier molecular flexibility index (Phi) is 5.31. The van der Waals surface area contributed by atoms with Crippen LogP contribution in [0.4, 0.5) is 11.5 Å². The number of anilines is 2. The minimum Gasteiger partial charge on any atom is -0.493 e. The number of benzene rings is 2. The van der Waals surface area contributed by atoms with Crippen LogP contribution < -0.4 is 14.8 Å². The summed E-state index contributed by atoms with van der Waals surface area (Å²) < 4.78 is 39.5. The summed E-state index contributed by atoms with van der Waals surface area (Å²) in [5, 5.41) is 13.2. The first-order chi connectivity index (χ1) is 15.9. The number of nitrogens with one attached hydrogen (secondary N) is 1. The zero-order valence-electron chi connectivity index (χ0n) is 17.3. The Balaban J connectivity index is 1.67. The molecule has 0 bridgehead atoms. The number of thiophene rings is 1. The number of fused-ring (bicyclic) bond motifs is 3. The first-order valence-corrected chi connectivity index (χ1v) is 12.3. The second-order valence-electron chi connectivity index (χ2n) is 6.88. The standard InChI is InChI=1S/C21H16ClN5O4S2/c1-30-16-7-6-13(11-17(16)31-2)23-19-18-15(8-9-32-18)27-20(24-19)21(25-26-27)33(28,29)14-5-3-4-12(22)10-14/h3-11H,1-2H3,(H,23,24). The molecule has 0 aliphatic heterocycles. The number of methoxy groups -OCH3 is 2. The molecule has 0 spiro atoms. The third kappa shape index (κ3) is 3.63. The van der Waals surface area contributed by atoms with Crippen LogP contribution in [0.5, 0.6) is 11.5 Å². The number of hydrogen-bond acceptors (Lipinski definition) is 9. The van der Waals surface area contributed by atoms with E-state index in [4.69, 9.17) is 21.1 Å². The van der Waals surface area contributed by atoms with E-state index < -0.39 is 9.84 Å². The maximum absolute atomic E-state index is 13.3. The average Bonchev–Trinajstić information content (AvgIpc) is 3.46. The predicted octanol–water partition coefficient (Wildman–Crippen LogP) is 4.59. The van der Waals surface area contributed by atoms with Gasteiger partial charge in [-0.25, -0.2) is 13.4 Å². The molecule has 5 rings (SSSR count). The molecule has 2 aromatic carbocycles. The molecule has 33 heavy (non-hydrogen) atoms. The summed E-state index contributed by atoms with van der Waals surface area (Å²) in [4.78, 5) is 4.61. The molecule has 1 N–H and O–H groups in total. The first-order valence-electron chi connectivity index (χ1n) is 9.54. The Labute approximate surface area is 197 Å². The molecular weight excluding hydrogens is 486 g/mol. The van der Waals surface area contributed by atoms with Crippen LogP contribution in [0, 0.1) is 0 Å². The van der Waals surface area contributed by atoms with Gasteiger partial charge in [-0.2, -0.15) is 4.52 Å². The molecule has 0 saturated heterocycles. The Morgan fingerprint density at radius 3 is 2.64 bits per heavy atom. The van der Waals surface area contributed by atoms with Gasteiger partial charge < -0.3 is 14.8 Å². The van der Waals surface area contributed by atoms with Crippen molar-refractivity contribution in [2.45, 2.75) is 9.92 Å². The van der Waals surface area contributed by atoms with E-state index in [0.717, 1.165) is 4.70 Å². The molecule has 3 heterocycles. The van der Waals surface area contributed by atoms with Crippen LogP contribution in [-0.4, -0.2) is 42.4 Å². The number of ether oxygens (including phenoxy) is 2. The van der Waals surface area contributed by atoms with E-state index in [9.17, 15) is 8.42 Å². The highest BCUT2D eigenvalue weighted by atomic mass is 35.5. The Hall–Kier alpha value is -3.41. The van der Waals surface area contributed by atoms with Crippen molar-refractivity contribution in [3.63, 3.8) is 0 Å². The highest BCUT2D eigenvalue weighted by Crippen LogP contribution is 2.35. The van der Waals surface area contributed by atoms with Crippen LogP contribution in [0.3, 0.4) is 0 Å². The van der Waals surface area contributed by atoms with Crippen molar-refractivity contribution >= 4 is 60.1 Å². The number of nitrogens with zero attached hydrogens (tertiary/aromatic N) is 4. The molecule has 0 radical (unpaired) electrons. The second-order valence-corrected chi connectivity index (χ2v) is 10.1. The van der Waals surface area contributed by atoms with Gasteiger partial charge in [0.1, 0.15) is 0 Å². The molecule has 9 nitrogen and oxygen atoms in total. The molecule has 5 aromatic rings. The minimum absolute atomic E-state index is 0.0130.